The summed E-state index contributed by atoms with van der Waals surface area (Å²) in [6, 6.07) is 5.56. The van der Waals surface area contributed by atoms with E-state index in [9.17, 15) is 0 Å². The lowest BCUT2D eigenvalue weighted by atomic mass is 10.1. The fourth-order valence-corrected chi connectivity index (χ4v) is 4.60. The summed E-state index contributed by atoms with van der Waals surface area (Å²) >= 11 is 0. The molecule has 1 N–H and O–H groups in total. The number of nitrogens with one attached hydrogen (secondary N) is 1. The van der Waals surface area contributed by atoms with Crippen LogP contribution in [0, 0.1) is 0 Å². The highest BCUT2D eigenvalue weighted by Crippen LogP contribution is 2.37. The smallest absolute Gasteiger partial charge is 0.192 e. The van der Waals surface area contributed by atoms with Crippen molar-refractivity contribution in [2.75, 3.05) is 13.7 Å². The fraction of sp³-hybridized carbons (Fsp3) is 0.682. The van der Waals surface area contributed by atoms with Gasteiger partial charge in [0.05, 0.1) is 18.3 Å². The highest BCUT2D eigenvalue weighted by atomic mass is 28.4. The van der Waals surface area contributed by atoms with Crippen molar-refractivity contribution in [2.45, 2.75) is 84.5 Å². The van der Waals surface area contributed by atoms with Crippen molar-refractivity contribution < 1.29 is 9.16 Å². The number of benzene rings is 1. The largest absolute Gasteiger partial charge is 0.413 e. The van der Waals surface area contributed by atoms with Gasteiger partial charge in [-0.1, -0.05) is 52.5 Å². The van der Waals surface area contributed by atoms with Crippen molar-refractivity contribution in [3.05, 3.63) is 29.5 Å². The Morgan fingerprint density at radius 3 is 2.31 bits per heavy atom. The van der Waals surface area contributed by atoms with Gasteiger partial charge in [-0.25, -0.2) is 4.68 Å². The summed E-state index contributed by atoms with van der Waals surface area (Å²) in [4.78, 5) is 0. The molecule has 0 bridgehead atoms. The minimum absolute atomic E-state index is 0.201. The molecule has 0 aliphatic carbocycles. The second kappa shape index (κ2) is 9.43. The van der Waals surface area contributed by atoms with Crippen LogP contribution in [0.25, 0.3) is 10.9 Å². The van der Waals surface area contributed by atoms with Gasteiger partial charge in [0.15, 0.2) is 8.32 Å². The van der Waals surface area contributed by atoms with Gasteiger partial charge in [0, 0.05) is 26.6 Å². The Labute approximate surface area is 179 Å². The van der Waals surface area contributed by atoms with Gasteiger partial charge in [-0.05, 0) is 42.4 Å². The topological polar surface area (TPSA) is 48.3 Å². The summed E-state index contributed by atoms with van der Waals surface area (Å²) in [6.45, 7) is 21.3. The minimum Gasteiger partial charge on any atom is -0.413 e. The maximum atomic E-state index is 6.49. The van der Waals surface area contributed by atoms with Crippen LogP contribution in [0.3, 0.4) is 0 Å². The molecular weight excluding hydrogens is 394 g/mol. The summed E-state index contributed by atoms with van der Waals surface area (Å²) in [6.07, 6.45) is 1.97. The Hall–Kier alpha value is -0.996. The van der Waals surface area contributed by atoms with E-state index < -0.39 is 16.4 Å². The van der Waals surface area contributed by atoms with E-state index in [0.29, 0.717) is 13.3 Å². The first-order valence-corrected chi connectivity index (χ1v) is 17.3. The van der Waals surface area contributed by atoms with Crippen molar-refractivity contribution in [1.82, 2.24) is 15.1 Å². The fourth-order valence-electron chi connectivity index (χ4n) is 2.89. The lowest BCUT2D eigenvalue weighted by Gasteiger charge is -2.36. The van der Waals surface area contributed by atoms with Gasteiger partial charge in [-0.2, -0.15) is 5.10 Å². The highest BCUT2D eigenvalue weighted by Gasteiger charge is 2.37. The van der Waals surface area contributed by atoms with Gasteiger partial charge in [0.2, 0.25) is 0 Å². The van der Waals surface area contributed by atoms with Crippen molar-refractivity contribution >= 4 is 27.3 Å². The molecule has 0 fully saturated rings. The van der Waals surface area contributed by atoms with E-state index in [0.717, 1.165) is 18.7 Å². The molecule has 0 spiro atoms. The van der Waals surface area contributed by atoms with Gasteiger partial charge in [-0.15, -0.1) is 0 Å². The first kappa shape index (κ1) is 24.3. The van der Waals surface area contributed by atoms with Crippen molar-refractivity contribution in [3.8, 4) is 0 Å². The third-order valence-corrected chi connectivity index (χ3v) is 12.1. The molecule has 1 aromatic heterocycles. The first-order chi connectivity index (χ1) is 13.4. The first-order valence-electron chi connectivity index (χ1n) is 10.7. The predicted molar refractivity (Wildman–Crippen MR) is 129 cm³/mol. The molecule has 0 unspecified atom stereocenters. The van der Waals surface area contributed by atoms with Crippen LogP contribution in [0.2, 0.25) is 43.8 Å². The average Bonchev–Trinajstić information content (AvgIpc) is 3.01. The monoisotopic (exact) mass is 435 g/mol. The molecule has 1 aromatic carbocycles. The van der Waals surface area contributed by atoms with Gasteiger partial charge in [0.1, 0.15) is 6.73 Å². The maximum absolute atomic E-state index is 6.49. The summed E-state index contributed by atoms with van der Waals surface area (Å²) in [5.74, 6) is 0. The second-order valence-electron chi connectivity index (χ2n) is 10.7. The zero-order chi connectivity index (χ0) is 21.9. The zero-order valence-corrected chi connectivity index (χ0v) is 22.0. The quantitative estimate of drug-likeness (QED) is 0.390. The Balaban J connectivity index is 2.24. The molecular formula is C22H41N3O2Si2. The molecule has 0 aliphatic rings. The Kier molecular flexibility index (Phi) is 7.89. The number of fused-ring (bicyclic) bond motifs is 1. The number of aromatic nitrogens is 2. The van der Waals surface area contributed by atoms with Crippen molar-refractivity contribution in [3.63, 3.8) is 0 Å². The normalized spacial score (nSPS) is 13.4. The van der Waals surface area contributed by atoms with E-state index in [2.05, 4.69) is 76.1 Å². The van der Waals surface area contributed by atoms with Crippen LogP contribution in [0.4, 0.5) is 0 Å². The highest BCUT2D eigenvalue weighted by molar-refractivity contribution is 6.76. The van der Waals surface area contributed by atoms with Crippen LogP contribution >= 0.6 is 0 Å². The van der Waals surface area contributed by atoms with E-state index in [1.54, 1.807) is 0 Å². The molecule has 0 aliphatic heterocycles. The van der Waals surface area contributed by atoms with Crippen LogP contribution in [0.1, 0.15) is 31.9 Å². The number of ether oxygens (including phenoxy) is 1. The predicted octanol–water partition coefficient (Wildman–Crippen LogP) is 5.59. The Bertz CT molecular complexity index is 805. The number of hydrogen-bond acceptors (Lipinski definition) is 4. The standard InChI is InChI=1S/C22H41N3O2Si2/c1-22(2,3)29(8,9)27-16-19-11-10-18(14-23-4)21-20(19)15-24-25(21)17-26-12-13-28(5,6)7/h10-11,15,23H,12-14,16-17H2,1-9H3. The third kappa shape index (κ3) is 6.49. The molecule has 2 aromatic rings. The SMILES string of the molecule is CNCc1ccc(CO[Si](C)(C)C(C)(C)C)c2cnn(COCC[Si](C)(C)C)c12. The molecule has 7 heteroatoms. The zero-order valence-electron chi connectivity index (χ0n) is 20.0. The van der Waals surface area contributed by atoms with Crippen LogP contribution in [-0.2, 0) is 29.0 Å². The number of nitrogens with zero attached hydrogens (tertiary/aromatic N) is 2. The molecule has 5 nitrogen and oxygen atoms in total. The van der Waals surface area contributed by atoms with Gasteiger partial charge in [-0.3, -0.25) is 0 Å². The van der Waals surface area contributed by atoms with Crippen LogP contribution in [0.15, 0.2) is 18.3 Å². The molecule has 0 saturated carbocycles. The summed E-state index contributed by atoms with van der Waals surface area (Å²) in [5, 5.41) is 9.30. The van der Waals surface area contributed by atoms with E-state index in [1.807, 2.05) is 17.9 Å². The second-order valence-corrected chi connectivity index (χ2v) is 21.1. The molecule has 1 heterocycles. The van der Waals surface area contributed by atoms with Crippen molar-refractivity contribution in [1.29, 1.82) is 0 Å². The summed E-state index contributed by atoms with van der Waals surface area (Å²) in [5.41, 5.74) is 3.60. The molecule has 0 saturated heterocycles. The lowest BCUT2D eigenvalue weighted by molar-refractivity contribution is 0.0816. The van der Waals surface area contributed by atoms with E-state index in [-0.39, 0.29) is 5.04 Å². The Morgan fingerprint density at radius 1 is 1.07 bits per heavy atom. The molecule has 0 atom stereocenters. The van der Waals surface area contributed by atoms with Gasteiger partial charge in [0.25, 0.3) is 0 Å². The molecule has 2 rings (SSSR count). The van der Waals surface area contributed by atoms with E-state index in [1.165, 1.54) is 22.6 Å². The lowest BCUT2D eigenvalue weighted by Crippen LogP contribution is -2.40. The molecule has 0 amide bonds. The number of hydrogen-bond donors (Lipinski definition) is 1. The Morgan fingerprint density at radius 2 is 1.72 bits per heavy atom. The summed E-state index contributed by atoms with van der Waals surface area (Å²) in [7, 11) is -0.911. The van der Waals surface area contributed by atoms with E-state index >= 15 is 0 Å². The summed E-state index contributed by atoms with van der Waals surface area (Å²) < 4.78 is 14.5. The van der Waals surface area contributed by atoms with E-state index in [4.69, 9.17) is 9.16 Å². The maximum Gasteiger partial charge on any atom is 0.192 e. The van der Waals surface area contributed by atoms with Crippen molar-refractivity contribution in [2.24, 2.45) is 0 Å². The minimum atomic E-state index is -1.80. The van der Waals surface area contributed by atoms with Crippen LogP contribution < -0.4 is 5.32 Å². The van der Waals surface area contributed by atoms with Crippen LogP contribution in [-0.4, -0.2) is 39.8 Å². The molecule has 0 radical (unpaired) electrons. The number of rotatable bonds is 10. The molecule has 29 heavy (non-hydrogen) atoms. The average molecular weight is 436 g/mol. The molecule has 164 valence electrons. The van der Waals surface area contributed by atoms with Gasteiger partial charge >= 0.3 is 0 Å². The van der Waals surface area contributed by atoms with Gasteiger partial charge < -0.3 is 14.5 Å². The van der Waals surface area contributed by atoms with Crippen LogP contribution in [0.5, 0.6) is 0 Å². The third-order valence-electron chi connectivity index (χ3n) is 5.95.